The molecule has 1 fully saturated rings. The highest BCUT2D eigenvalue weighted by Crippen LogP contribution is 2.21. The van der Waals surface area contributed by atoms with E-state index in [-0.39, 0.29) is 11.5 Å². The minimum Gasteiger partial charge on any atom is -0.337 e. The Balaban J connectivity index is 2.21. The lowest BCUT2D eigenvalue weighted by Gasteiger charge is -2.15. The van der Waals surface area contributed by atoms with Crippen molar-refractivity contribution in [3.05, 3.63) is 34.1 Å². The van der Waals surface area contributed by atoms with Gasteiger partial charge in [0.05, 0.1) is 5.56 Å². The van der Waals surface area contributed by atoms with Crippen LogP contribution in [0.3, 0.4) is 0 Å². The van der Waals surface area contributed by atoms with Crippen molar-refractivity contribution in [3.63, 3.8) is 0 Å². The van der Waals surface area contributed by atoms with Crippen LogP contribution in [0.1, 0.15) is 16.8 Å². The highest BCUT2D eigenvalue weighted by molar-refractivity contribution is 9.10. The highest BCUT2D eigenvalue weighted by Gasteiger charge is 2.26. The van der Waals surface area contributed by atoms with Crippen LogP contribution >= 0.6 is 31.9 Å². The third-order valence-electron chi connectivity index (χ3n) is 2.58. The van der Waals surface area contributed by atoms with E-state index in [1.165, 1.54) is 12.1 Å². The molecular weight excluding hydrogens is 341 g/mol. The number of hydrogen-bond acceptors (Lipinski definition) is 1. The molecule has 1 unspecified atom stereocenters. The van der Waals surface area contributed by atoms with Gasteiger partial charge in [-0.05, 0) is 24.6 Å². The van der Waals surface area contributed by atoms with Crippen LogP contribution in [0.4, 0.5) is 4.39 Å². The Kier molecular flexibility index (Phi) is 3.64. The molecule has 1 aromatic carbocycles. The number of benzene rings is 1. The maximum absolute atomic E-state index is 13.6. The SMILES string of the molecule is O=C(c1ccc(Br)cc1F)N1CCC(Br)C1. The number of carbonyl (C=O) groups excluding carboxylic acids is 1. The second-order valence-electron chi connectivity index (χ2n) is 3.76. The first kappa shape index (κ1) is 12.0. The molecule has 1 aliphatic rings. The monoisotopic (exact) mass is 349 g/mol. The molecule has 1 atom stereocenters. The second-order valence-corrected chi connectivity index (χ2v) is 5.97. The molecule has 86 valence electrons. The summed E-state index contributed by atoms with van der Waals surface area (Å²) in [5.74, 6) is -0.704. The van der Waals surface area contributed by atoms with Gasteiger partial charge in [0, 0.05) is 22.4 Å². The smallest absolute Gasteiger partial charge is 0.256 e. The van der Waals surface area contributed by atoms with E-state index in [4.69, 9.17) is 0 Å². The molecule has 0 aliphatic carbocycles. The summed E-state index contributed by atoms with van der Waals surface area (Å²) in [6, 6.07) is 4.51. The van der Waals surface area contributed by atoms with Crippen molar-refractivity contribution in [2.75, 3.05) is 13.1 Å². The fraction of sp³-hybridized carbons (Fsp3) is 0.364. The summed E-state index contributed by atoms with van der Waals surface area (Å²) >= 11 is 6.62. The van der Waals surface area contributed by atoms with Crippen LogP contribution < -0.4 is 0 Å². The van der Waals surface area contributed by atoms with Gasteiger partial charge in [-0.15, -0.1) is 0 Å². The molecule has 2 rings (SSSR count). The summed E-state index contributed by atoms with van der Waals surface area (Å²) in [6.45, 7) is 1.33. The number of nitrogens with zero attached hydrogens (tertiary/aromatic N) is 1. The van der Waals surface area contributed by atoms with Gasteiger partial charge in [0.1, 0.15) is 5.82 Å². The van der Waals surface area contributed by atoms with Gasteiger partial charge in [-0.25, -0.2) is 4.39 Å². The van der Waals surface area contributed by atoms with Gasteiger partial charge in [-0.3, -0.25) is 4.79 Å². The van der Waals surface area contributed by atoms with Crippen molar-refractivity contribution in [2.45, 2.75) is 11.2 Å². The van der Waals surface area contributed by atoms with Crippen molar-refractivity contribution in [1.82, 2.24) is 4.90 Å². The molecule has 1 saturated heterocycles. The molecule has 0 spiro atoms. The lowest BCUT2D eigenvalue weighted by molar-refractivity contribution is 0.0789. The second kappa shape index (κ2) is 4.84. The minimum atomic E-state index is -0.475. The Morgan fingerprint density at radius 1 is 1.50 bits per heavy atom. The van der Waals surface area contributed by atoms with Gasteiger partial charge in [0.15, 0.2) is 0 Å². The predicted molar refractivity (Wildman–Crippen MR) is 67.3 cm³/mol. The van der Waals surface area contributed by atoms with Crippen LogP contribution in [0.5, 0.6) is 0 Å². The van der Waals surface area contributed by atoms with Crippen LogP contribution in [-0.2, 0) is 0 Å². The lowest BCUT2D eigenvalue weighted by Crippen LogP contribution is -2.29. The van der Waals surface area contributed by atoms with E-state index < -0.39 is 5.82 Å². The molecule has 1 heterocycles. The normalized spacial score (nSPS) is 20.2. The zero-order valence-electron chi connectivity index (χ0n) is 8.42. The molecule has 0 aromatic heterocycles. The fourth-order valence-electron chi connectivity index (χ4n) is 1.74. The largest absolute Gasteiger partial charge is 0.337 e. The average molecular weight is 351 g/mol. The van der Waals surface area contributed by atoms with Gasteiger partial charge in [0.2, 0.25) is 0 Å². The molecule has 1 aromatic rings. The van der Waals surface area contributed by atoms with Gasteiger partial charge in [-0.1, -0.05) is 31.9 Å². The molecule has 0 saturated carbocycles. The maximum atomic E-state index is 13.6. The molecule has 0 N–H and O–H groups in total. The first-order valence-corrected chi connectivity index (χ1v) is 6.67. The van der Waals surface area contributed by atoms with Gasteiger partial charge in [-0.2, -0.15) is 0 Å². The Bertz CT molecular complexity index is 424. The van der Waals surface area contributed by atoms with E-state index in [1.807, 2.05) is 0 Å². The molecule has 1 aliphatic heterocycles. The van der Waals surface area contributed by atoms with E-state index in [1.54, 1.807) is 11.0 Å². The number of hydrogen-bond donors (Lipinski definition) is 0. The van der Waals surface area contributed by atoms with Crippen LogP contribution in [-0.4, -0.2) is 28.7 Å². The van der Waals surface area contributed by atoms with E-state index in [0.717, 1.165) is 6.42 Å². The number of alkyl halides is 1. The van der Waals surface area contributed by atoms with Crippen LogP contribution in [0.25, 0.3) is 0 Å². The summed E-state index contributed by atoms with van der Waals surface area (Å²) < 4.78 is 14.2. The van der Waals surface area contributed by atoms with Crippen molar-refractivity contribution < 1.29 is 9.18 Å². The third kappa shape index (κ3) is 2.46. The molecule has 0 bridgehead atoms. The average Bonchev–Trinajstić information content (AvgIpc) is 2.64. The summed E-state index contributed by atoms with van der Waals surface area (Å²) in [5, 5.41) is 0. The summed E-state index contributed by atoms with van der Waals surface area (Å²) in [6.07, 6.45) is 0.921. The van der Waals surface area contributed by atoms with Crippen LogP contribution in [0, 0.1) is 5.82 Å². The predicted octanol–water partition coefficient (Wildman–Crippen LogP) is 3.20. The van der Waals surface area contributed by atoms with Gasteiger partial charge < -0.3 is 4.90 Å². The summed E-state index contributed by atoms with van der Waals surface area (Å²) in [7, 11) is 0. The first-order valence-electron chi connectivity index (χ1n) is 4.96. The minimum absolute atomic E-state index is 0.143. The summed E-state index contributed by atoms with van der Waals surface area (Å²) in [4.78, 5) is 14.0. The lowest BCUT2D eigenvalue weighted by atomic mass is 10.2. The van der Waals surface area contributed by atoms with E-state index in [0.29, 0.717) is 22.4 Å². The van der Waals surface area contributed by atoms with E-state index in [9.17, 15) is 9.18 Å². The molecule has 5 heteroatoms. The first-order chi connectivity index (χ1) is 7.58. The molecule has 1 amide bonds. The molecule has 2 nitrogen and oxygen atoms in total. The topological polar surface area (TPSA) is 20.3 Å². The zero-order chi connectivity index (χ0) is 11.7. The number of rotatable bonds is 1. The van der Waals surface area contributed by atoms with Gasteiger partial charge >= 0.3 is 0 Å². The van der Waals surface area contributed by atoms with Crippen LogP contribution in [0.2, 0.25) is 0 Å². The van der Waals surface area contributed by atoms with Gasteiger partial charge in [0.25, 0.3) is 5.91 Å². The third-order valence-corrected chi connectivity index (χ3v) is 3.82. The number of halogens is 3. The number of amides is 1. The Morgan fingerprint density at radius 3 is 2.81 bits per heavy atom. The van der Waals surface area contributed by atoms with Crippen LogP contribution in [0.15, 0.2) is 22.7 Å². The van der Waals surface area contributed by atoms with E-state index >= 15 is 0 Å². The van der Waals surface area contributed by atoms with Crippen molar-refractivity contribution in [2.24, 2.45) is 0 Å². The zero-order valence-corrected chi connectivity index (χ0v) is 11.6. The molecular formula is C11H10Br2FNO. The maximum Gasteiger partial charge on any atom is 0.256 e. The standard InChI is InChI=1S/C11H10Br2FNO/c12-7-1-2-9(10(14)5-7)11(16)15-4-3-8(13)6-15/h1-2,5,8H,3-4,6H2. The van der Waals surface area contributed by atoms with Crippen molar-refractivity contribution >= 4 is 37.8 Å². The number of carbonyl (C=O) groups is 1. The molecule has 16 heavy (non-hydrogen) atoms. The fourth-order valence-corrected chi connectivity index (χ4v) is 2.62. The van der Waals surface area contributed by atoms with Crippen molar-refractivity contribution in [1.29, 1.82) is 0 Å². The highest BCUT2D eigenvalue weighted by atomic mass is 79.9. The van der Waals surface area contributed by atoms with Crippen molar-refractivity contribution in [3.8, 4) is 0 Å². The summed E-state index contributed by atoms with van der Waals surface area (Å²) in [5.41, 5.74) is 0.143. The molecule has 0 radical (unpaired) electrons. The quantitative estimate of drug-likeness (QED) is 0.712. The Hall–Kier alpha value is -0.420. The van der Waals surface area contributed by atoms with E-state index in [2.05, 4.69) is 31.9 Å². The number of likely N-dealkylation sites (tertiary alicyclic amines) is 1. The Morgan fingerprint density at radius 2 is 2.25 bits per heavy atom. The Labute approximate surface area is 110 Å².